The van der Waals surface area contributed by atoms with Crippen molar-refractivity contribution in [3.05, 3.63) is 15.2 Å². The first-order chi connectivity index (χ1) is 4.52. The van der Waals surface area contributed by atoms with E-state index in [1.54, 1.807) is 5.38 Å². The van der Waals surface area contributed by atoms with E-state index in [1.165, 1.54) is 16.7 Å². The molecule has 1 heterocycles. The molecule has 0 aromatic carbocycles. The van der Waals surface area contributed by atoms with Gasteiger partial charge in [-0.3, -0.25) is 0 Å². The Kier molecular flexibility index (Phi) is 2.39. The highest BCUT2D eigenvalue weighted by Gasteiger charge is 2.14. The lowest BCUT2D eigenvalue weighted by molar-refractivity contribution is 0.609. The number of rotatable bonds is 1. The summed E-state index contributed by atoms with van der Waals surface area (Å²) < 4.78 is 21.8. The predicted molar refractivity (Wildman–Crippen MR) is 45.1 cm³/mol. The lowest BCUT2D eigenvalue weighted by Crippen LogP contribution is -1.86. The maximum Gasteiger partial charge on any atom is 0.263 e. The second-order valence-corrected chi connectivity index (χ2v) is 5.65. The van der Waals surface area contributed by atoms with E-state index in [0.717, 1.165) is 0 Å². The third-order valence-corrected chi connectivity index (χ3v) is 4.32. The van der Waals surface area contributed by atoms with E-state index in [4.69, 9.17) is 10.7 Å². The minimum absolute atomic E-state index is 0.138. The molecule has 0 saturated heterocycles. The van der Waals surface area contributed by atoms with Crippen LogP contribution in [0.3, 0.4) is 0 Å². The Morgan fingerprint density at radius 1 is 1.50 bits per heavy atom. The predicted octanol–water partition coefficient (Wildman–Crippen LogP) is 2.44. The highest BCUT2D eigenvalue weighted by molar-refractivity contribution is 9.10. The molecule has 0 unspecified atom stereocenters. The first kappa shape index (κ1) is 8.52. The smallest absolute Gasteiger partial charge is 0.207 e. The molecule has 0 aliphatic heterocycles. The van der Waals surface area contributed by atoms with Crippen molar-refractivity contribution in [3.8, 4) is 0 Å². The Morgan fingerprint density at radius 2 is 2.10 bits per heavy atom. The average Bonchev–Trinajstić information content (AvgIpc) is 2.11. The fraction of sp³-hybridized carbons (Fsp3) is 0. The lowest BCUT2D eigenvalue weighted by atomic mass is 10.7. The van der Waals surface area contributed by atoms with Crippen LogP contribution in [0.5, 0.6) is 0 Å². The van der Waals surface area contributed by atoms with E-state index in [0.29, 0.717) is 4.47 Å². The second kappa shape index (κ2) is 2.81. The number of hydrogen-bond donors (Lipinski definition) is 0. The van der Waals surface area contributed by atoms with Gasteiger partial charge in [0.05, 0.1) is 0 Å². The standard InChI is InChI=1S/C4H2BrClO2S2/c5-3-1-9-2-4(3)10(6,7)8/h1-2H. The largest absolute Gasteiger partial charge is 0.263 e. The molecule has 0 spiro atoms. The van der Waals surface area contributed by atoms with Gasteiger partial charge in [0.1, 0.15) is 4.90 Å². The fourth-order valence-electron chi connectivity index (χ4n) is 0.444. The molecule has 10 heavy (non-hydrogen) atoms. The molecule has 0 aliphatic rings. The Balaban J connectivity index is 3.32. The molecule has 0 saturated carbocycles. The van der Waals surface area contributed by atoms with E-state index >= 15 is 0 Å². The van der Waals surface area contributed by atoms with E-state index in [2.05, 4.69) is 15.9 Å². The van der Waals surface area contributed by atoms with Gasteiger partial charge >= 0.3 is 0 Å². The van der Waals surface area contributed by atoms with E-state index in [-0.39, 0.29) is 4.90 Å². The summed E-state index contributed by atoms with van der Waals surface area (Å²) in [5.74, 6) is 0. The van der Waals surface area contributed by atoms with Gasteiger partial charge < -0.3 is 0 Å². The molecule has 0 aliphatic carbocycles. The molecule has 2 nitrogen and oxygen atoms in total. The van der Waals surface area contributed by atoms with Crippen molar-refractivity contribution in [2.75, 3.05) is 0 Å². The maximum absolute atomic E-state index is 10.7. The molecule has 1 rings (SSSR count). The number of halogens is 2. The lowest BCUT2D eigenvalue weighted by Gasteiger charge is -1.88. The summed E-state index contributed by atoms with van der Waals surface area (Å²) in [6.45, 7) is 0. The van der Waals surface area contributed by atoms with Crippen LogP contribution in [0, 0.1) is 0 Å². The highest BCUT2D eigenvalue weighted by atomic mass is 79.9. The average molecular weight is 262 g/mol. The van der Waals surface area contributed by atoms with Crippen LogP contribution < -0.4 is 0 Å². The van der Waals surface area contributed by atoms with Gasteiger partial charge in [-0.1, -0.05) is 0 Å². The number of thiophene rings is 1. The SMILES string of the molecule is O=S(=O)(Cl)c1cscc1Br. The molecule has 0 fully saturated rings. The van der Waals surface area contributed by atoms with Gasteiger partial charge in [0, 0.05) is 25.9 Å². The number of hydrogen-bond acceptors (Lipinski definition) is 3. The normalized spacial score (nSPS) is 11.8. The Labute approximate surface area is 75.4 Å². The maximum atomic E-state index is 10.7. The summed E-state index contributed by atoms with van der Waals surface area (Å²) in [7, 11) is 1.50. The van der Waals surface area contributed by atoms with Crippen LogP contribution in [0.4, 0.5) is 0 Å². The molecular formula is C4H2BrClO2S2. The molecule has 0 atom stereocenters. The van der Waals surface area contributed by atoms with Crippen LogP contribution in [-0.4, -0.2) is 8.42 Å². The summed E-state index contributed by atoms with van der Waals surface area (Å²) in [4.78, 5) is 0.138. The molecule has 0 amide bonds. The molecule has 56 valence electrons. The van der Waals surface area contributed by atoms with Gasteiger partial charge in [0.15, 0.2) is 0 Å². The monoisotopic (exact) mass is 260 g/mol. The fourth-order valence-corrected chi connectivity index (χ4v) is 4.09. The molecule has 0 N–H and O–H groups in total. The molecule has 6 heteroatoms. The van der Waals surface area contributed by atoms with Crippen LogP contribution in [0.25, 0.3) is 0 Å². The first-order valence-electron chi connectivity index (χ1n) is 2.18. The minimum atomic E-state index is -3.55. The Bertz CT molecular complexity index is 329. The Hall–Kier alpha value is 0.420. The highest BCUT2D eigenvalue weighted by Crippen LogP contribution is 2.28. The molecule has 1 aromatic rings. The zero-order valence-electron chi connectivity index (χ0n) is 4.54. The van der Waals surface area contributed by atoms with Crippen LogP contribution in [-0.2, 0) is 9.05 Å². The van der Waals surface area contributed by atoms with Crippen molar-refractivity contribution in [1.82, 2.24) is 0 Å². The van der Waals surface area contributed by atoms with Crippen molar-refractivity contribution in [2.24, 2.45) is 0 Å². The summed E-state index contributed by atoms with van der Waals surface area (Å²) in [5, 5.41) is 3.14. The van der Waals surface area contributed by atoms with Crippen LogP contribution in [0.1, 0.15) is 0 Å². The van der Waals surface area contributed by atoms with Gasteiger partial charge in [-0.25, -0.2) is 8.42 Å². The quantitative estimate of drug-likeness (QED) is 0.728. The molecule has 0 bridgehead atoms. The van der Waals surface area contributed by atoms with Crippen molar-refractivity contribution in [3.63, 3.8) is 0 Å². The Morgan fingerprint density at radius 3 is 2.30 bits per heavy atom. The molecule has 1 aromatic heterocycles. The zero-order chi connectivity index (χ0) is 7.78. The van der Waals surface area contributed by atoms with Crippen molar-refractivity contribution >= 4 is 47.0 Å². The van der Waals surface area contributed by atoms with Crippen molar-refractivity contribution in [2.45, 2.75) is 4.90 Å². The van der Waals surface area contributed by atoms with Crippen molar-refractivity contribution in [1.29, 1.82) is 0 Å². The molecular weight excluding hydrogens is 260 g/mol. The van der Waals surface area contributed by atoms with E-state index in [9.17, 15) is 8.42 Å². The van der Waals surface area contributed by atoms with E-state index < -0.39 is 9.05 Å². The van der Waals surface area contributed by atoms with Crippen LogP contribution in [0.2, 0.25) is 0 Å². The van der Waals surface area contributed by atoms with Gasteiger partial charge in [0.2, 0.25) is 0 Å². The summed E-state index contributed by atoms with van der Waals surface area (Å²) in [5.41, 5.74) is 0. The van der Waals surface area contributed by atoms with Gasteiger partial charge in [-0.15, -0.1) is 11.3 Å². The van der Waals surface area contributed by atoms with Crippen LogP contribution in [0.15, 0.2) is 20.1 Å². The third-order valence-electron chi connectivity index (χ3n) is 0.845. The minimum Gasteiger partial charge on any atom is -0.207 e. The van der Waals surface area contributed by atoms with Gasteiger partial charge in [0.25, 0.3) is 9.05 Å². The first-order valence-corrected chi connectivity index (χ1v) is 6.22. The summed E-state index contributed by atoms with van der Waals surface area (Å²) >= 11 is 4.33. The van der Waals surface area contributed by atoms with Crippen LogP contribution >= 0.6 is 37.9 Å². The van der Waals surface area contributed by atoms with E-state index in [1.807, 2.05) is 0 Å². The second-order valence-electron chi connectivity index (χ2n) is 1.52. The van der Waals surface area contributed by atoms with Gasteiger partial charge in [-0.05, 0) is 15.9 Å². The zero-order valence-corrected chi connectivity index (χ0v) is 8.52. The topological polar surface area (TPSA) is 34.1 Å². The van der Waals surface area contributed by atoms with Crippen molar-refractivity contribution < 1.29 is 8.42 Å². The van der Waals surface area contributed by atoms with Gasteiger partial charge in [-0.2, -0.15) is 0 Å². The summed E-state index contributed by atoms with van der Waals surface area (Å²) in [6.07, 6.45) is 0. The third kappa shape index (κ3) is 1.72. The molecule has 0 radical (unpaired) electrons. The summed E-state index contributed by atoms with van der Waals surface area (Å²) in [6, 6.07) is 0.